The lowest BCUT2D eigenvalue weighted by atomic mass is 9.46. The lowest BCUT2D eigenvalue weighted by Crippen LogP contribution is -2.73. The van der Waals surface area contributed by atoms with Gasteiger partial charge in [-0.25, -0.2) is 0 Å². The van der Waals surface area contributed by atoms with Gasteiger partial charge in [0.15, 0.2) is 0 Å². The van der Waals surface area contributed by atoms with Crippen LogP contribution in [0.2, 0.25) is 0 Å². The summed E-state index contributed by atoms with van der Waals surface area (Å²) in [6, 6.07) is 0. The molecule has 2 heterocycles. The summed E-state index contributed by atoms with van der Waals surface area (Å²) in [7, 11) is 0. The van der Waals surface area contributed by atoms with Crippen LogP contribution in [0.1, 0.15) is 127 Å². The molecule has 5 fully saturated rings. The van der Waals surface area contributed by atoms with Crippen molar-refractivity contribution in [1.29, 1.82) is 0 Å². The maximum Gasteiger partial charge on any atom is 0.317 e. The average Bonchev–Trinajstić information content (AvgIpc) is 3.72. The average molecular weight is 882 g/mol. The van der Waals surface area contributed by atoms with Crippen molar-refractivity contribution in [3.63, 3.8) is 0 Å². The second-order valence-electron chi connectivity index (χ2n) is 22.9. The third-order valence-corrected chi connectivity index (χ3v) is 16.3. The van der Waals surface area contributed by atoms with Crippen LogP contribution in [0.3, 0.4) is 0 Å². The molecule has 354 valence electrons. The lowest BCUT2D eigenvalue weighted by Gasteiger charge is -2.69. The van der Waals surface area contributed by atoms with Gasteiger partial charge in [0.1, 0.15) is 0 Å². The van der Waals surface area contributed by atoms with Crippen LogP contribution in [0.25, 0.3) is 0 Å². The summed E-state index contributed by atoms with van der Waals surface area (Å²) < 4.78 is 0. The van der Waals surface area contributed by atoms with Crippen LogP contribution in [-0.4, -0.2) is 188 Å². The van der Waals surface area contributed by atoms with E-state index in [1.807, 2.05) is 42.4 Å². The molecule has 7 aliphatic rings. The fourth-order valence-corrected chi connectivity index (χ4v) is 11.9. The molecule has 2 bridgehead atoms. The molecule has 15 nitrogen and oxygen atoms in total. The lowest BCUT2D eigenvalue weighted by molar-refractivity contribution is -0.146. The first-order chi connectivity index (χ1) is 29.2. The maximum atomic E-state index is 13.9. The monoisotopic (exact) mass is 882 g/mol. The highest BCUT2D eigenvalue weighted by Crippen LogP contribution is 2.93. The second kappa shape index (κ2) is 18.0. The molecular formula is C48H79N7O8. The van der Waals surface area contributed by atoms with Crippen molar-refractivity contribution in [1.82, 2.24) is 34.3 Å². The highest BCUT2D eigenvalue weighted by atomic mass is 16.4. The van der Waals surface area contributed by atoms with Crippen LogP contribution < -0.4 is 0 Å². The van der Waals surface area contributed by atoms with Gasteiger partial charge in [0, 0.05) is 121 Å². The first-order valence-electron chi connectivity index (χ1n) is 23.8. The van der Waals surface area contributed by atoms with E-state index in [0.29, 0.717) is 70.6 Å². The molecule has 1 spiro atoms. The third-order valence-electron chi connectivity index (χ3n) is 16.3. The van der Waals surface area contributed by atoms with Gasteiger partial charge in [-0.3, -0.25) is 43.5 Å². The van der Waals surface area contributed by atoms with Gasteiger partial charge in [0.25, 0.3) is 0 Å². The molecule has 63 heavy (non-hydrogen) atoms. The first-order valence-corrected chi connectivity index (χ1v) is 23.8. The Hall–Kier alpha value is -3.56. The van der Waals surface area contributed by atoms with E-state index in [4.69, 9.17) is 0 Å². The first kappa shape index (κ1) is 48.9. The normalized spacial score (nSPS) is 24.7. The van der Waals surface area contributed by atoms with Crippen LogP contribution in [-0.2, 0) is 28.8 Å². The molecule has 3 atom stereocenters. The van der Waals surface area contributed by atoms with Crippen LogP contribution in [0.15, 0.2) is 11.1 Å². The Balaban J connectivity index is 0.969. The number of hydrogen-bond donors (Lipinski definition) is 2. The minimum atomic E-state index is -1.05. The zero-order valence-electron chi connectivity index (χ0n) is 40.3. The number of aliphatic carboxylic acids is 2. The molecule has 2 N–H and O–H groups in total. The molecule has 7 rings (SSSR count). The molecule has 0 aromatic carbocycles. The van der Waals surface area contributed by atoms with Gasteiger partial charge in [-0.15, -0.1) is 0 Å². The smallest absolute Gasteiger partial charge is 0.317 e. The number of nitrogens with zero attached hydrogens (tertiary/aromatic N) is 7. The number of carbonyl (C=O) groups excluding carboxylic acids is 4. The van der Waals surface area contributed by atoms with E-state index >= 15 is 0 Å². The number of carboxylic acid groups (broad SMARTS) is 2. The number of hydrogen-bond acceptors (Lipinski definition) is 9. The van der Waals surface area contributed by atoms with Crippen molar-refractivity contribution in [3.8, 4) is 0 Å². The Morgan fingerprint density at radius 2 is 1.13 bits per heavy atom. The summed E-state index contributed by atoms with van der Waals surface area (Å²) in [4.78, 5) is 91.1. The number of carboxylic acids is 2. The van der Waals surface area contributed by atoms with E-state index in [9.17, 15) is 39.0 Å². The topological polar surface area (TPSA) is 166 Å². The van der Waals surface area contributed by atoms with Crippen LogP contribution >= 0.6 is 0 Å². The van der Waals surface area contributed by atoms with E-state index in [-0.39, 0.29) is 85.7 Å². The number of piperazine rings is 2. The van der Waals surface area contributed by atoms with Crippen molar-refractivity contribution in [3.05, 3.63) is 11.1 Å². The molecule has 3 unspecified atom stereocenters. The highest BCUT2D eigenvalue weighted by molar-refractivity contribution is 5.80. The molecule has 0 radical (unpaired) electrons. The molecule has 0 aromatic rings. The van der Waals surface area contributed by atoms with Crippen molar-refractivity contribution < 1.29 is 39.0 Å². The minimum absolute atomic E-state index is 0.0356. The van der Waals surface area contributed by atoms with E-state index < -0.39 is 22.9 Å². The van der Waals surface area contributed by atoms with E-state index in [2.05, 4.69) is 46.4 Å². The molecule has 3 saturated carbocycles. The largest absolute Gasteiger partial charge is 0.480 e. The zero-order chi connectivity index (χ0) is 46.5. The standard InChI is InChI=1S/C48H79N7O8/c1-43(2,3)17-13-36(56)50-21-23-51(24-22-50)37(57)14-18-49(32-40(60)61)20-29-54(33-41(62)63)46(9,10)45(7,8)31-39(59)53-27-25-52(26-28-53)38(58)15-19-55(44(4,5)6)48-16-11-12-34-42-35(48)30-47(34,42)48/h34H,11-33H2,1-10H3,(H,60,61)(H,62,63). The van der Waals surface area contributed by atoms with Gasteiger partial charge in [0.05, 0.1) is 18.6 Å². The van der Waals surface area contributed by atoms with E-state index in [0.717, 1.165) is 18.9 Å². The molecule has 15 heteroatoms. The molecular weight excluding hydrogens is 803 g/mol. The molecule has 4 amide bonds. The Kier molecular flexibility index (Phi) is 14.0. The van der Waals surface area contributed by atoms with Crippen molar-refractivity contribution in [2.75, 3.05) is 91.6 Å². The number of amides is 4. The van der Waals surface area contributed by atoms with Gasteiger partial charge in [0.2, 0.25) is 23.6 Å². The van der Waals surface area contributed by atoms with E-state index in [1.165, 1.54) is 25.7 Å². The molecule has 0 aromatic heterocycles. The summed E-state index contributed by atoms with van der Waals surface area (Å²) in [5, 5.41) is 19.7. The van der Waals surface area contributed by atoms with Gasteiger partial charge >= 0.3 is 11.9 Å². The predicted molar refractivity (Wildman–Crippen MR) is 241 cm³/mol. The van der Waals surface area contributed by atoms with Crippen LogP contribution in [0, 0.1) is 22.2 Å². The number of rotatable bonds is 20. The Bertz CT molecular complexity index is 1820. The quantitative estimate of drug-likeness (QED) is 0.168. The summed E-state index contributed by atoms with van der Waals surface area (Å²) in [6.07, 6.45) is 7.08. The maximum absolute atomic E-state index is 13.9. The van der Waals surface area contributed by atoms with Gasteiger partial charge in [-0.1, -0.05) is 46.6 Å². The molecule has 5 aliphatic carbocycles. The Labute approximate surface area is 376 Å². The SMILES string of the molecule is CC(C)(C)CCC(=O)N1CCN(C(=O)CCN(CCN(CC(=O)O)C(C)(C)C(C)(C)CC(=O)N2CCN(C(=O)CCN(C(C)(C)C)C34CCCC5C6=C3CC654)CC2)CC(=O)O)CC1. The molecule has 2 aliphatic heterocycles. The number of carbonyl (C=O) groups is 6. The van der Waals surface area contributed by atoms with Crippen molar-refractivity contribution in [2.45, 2.75) is 144 Å². The Morgan fingerprint density at radius 1 is 0.635 bits per heavy atom. The highest BCUT2D eigenvalue weighted by Gasteiger charge is 2.90. The Morgan fingerprint density at radius 3 is 1.60 bits per heavy atom. The second-order valence-corrected chi connectivity index (χ2v) is 22.9. The zero-order valence-corrected chi connectivity index (χ0v) is 40.3. The molecule has 2 saturated heterocycles. The summed E-state index contributed by atoms with van der Waals surface area (Å²) in [5.74, 6) is -1.19. The summed E-state index contributed by atoms with van der Waals surface area (Å²) in [6.45, 7) is 25.3. The van der Waals surface area contributed by atoms with E-state index in [1.54, 1.807) is 25.8 Å². The van der Waals surface area contributed by atoms with Gasteiger partial charge < -0.3 is 29.8 Å². The minimum Gasteiger partial charge on any atom is -0.480 e. The third kappa shape index (κ3) is 9.71. The fourth-order valence-electron chi connectivity index (χ4n) is 11.9. The predicted octanol–water partition coefficient (Wildman–Crippen LogP) is 4.26. The van der Waals surface area contributed by atoms with Crippen LogP contribution in [0.5, 0.6) is 0 Å². The van der Waals surface area contributed by atoms with Crippen LogP contribution in [0.4, 0.5) is 0 Å². The summed E-state index contributed by atoms with van der Waals surface area (Å²) in [5.41, 5.74) is 2.58. The fraction of sp³-hybridized carbons (Fsp3) is 0.833. The van der Waals surface area contributed by atoms with Crippen molar-refractivity contribution in [2.24, 2.45) is 22.2 Å². The van der Waals surface area contributed by atoms with Gasteiger partial charge in [-0.2, -0.15) is 0 Å². The van der Waals surface area contributed by atoms with Crippen molar-refractivity contribution >= 4 is 35.6 Å². The van der Waals surface area contributed by atoms with Gasteiger partial charge in [-0.05, 0) is 82.6 Å². The summed E-state index contributed by atoms with van der Waals surface area (Å²) >= 11 is 0.